The van der Waals surface area contributed by atoms with Crippen molar-refractivity contribution in [2.75, 3.05) is 20.6 Å². The summed E-state index contributed by atoms with van der Waals surface area (Å²) in [5.74, 6) is 3.04. The highest BCUT2D eigenvalue weighted by atomic mass is 15.1. The van der Waals surface area contributed by atoms with Gasteiger partial charge in [-0.05, 0) is 38.3 Å². The molecule has 1 aliphatic rings. The molecule has 0 radical (unpaired) electrons. The van der Waals surface area contributed by atoms with Crippen LogP contribution in [-0.2, 0) is 0 Å². The third-order valence-electron chi connectivity index (χ3n) is 3.02. The highest BCUT2D eigenvalue weighted by Crippen LogP contribution is 2.47. The monoisotopic (exact) mass is 169 g/mol. The van der Waals surface area contributed by atoms with Crippen LogP contribution in [0.4, 0.5) is 0 Å². The zero-order valence-corrected chi connectivity index (χ0v) is 9.01. The number of hydrogen-bond donors (Lipinski definition) is 0. The minimum Gasteiger partial charge on any atom is -0.309 e. The molecule has 1 saturated carbocycles. The molecule has 1 aliphatic carbocycles. The predicted octanol–water partition coefficient (Wildman–Crippen LogP) is 2.62. The van der Waals surface area contributed by atoms with Gasteiger partial charge in [0.1, 0.15) is 0 Å². The second kappa shape index (κ2) is 4.27. The summed E-state index contributed by atoms with van der Waals surface area (Å²) in [6.45, 7) is 5.97. The van der Waals surface area contributed by atoms with Crippen molar-refractivity contribution in [2.24, 2.45) is 17.8 Å². The van der Waals surface area contributed by atoms with E-state index in [1.165, 1.54) is 25.8 Å². The fraction of sp³-hybridized carbons (Fsp3) is 1.00. The smallest absolute Gasteiger partial charge is 0.000367 e. The molecule has 0 amide bonds. The van der Waals surface area contributed by atoms with Crippen LogP contribution in [0, 0.1) is 17.8 Å². The highest BCUT2D eigenvalue weighted by Gasteiger charge is 2.39. The van der Waals surface area contributed by atoms with Gasteiger partial charge in [-0.25, -0.2) is 0 Å². The van der Waals surface area contributed by atoms with Crippen LogP contribution in [0.2, 0.25) is 0 Å². The van der Waals surface area contributed by atoms with E-state index in [-0.39, 0.29) is 0 Å². The summed E-state index contributed by atoms with van der Waals surface area (Å²) in [5.41, 5.74) is 0. The first-order valence-electron chi connectivity index (χ1n) is 5.29. The Labute approximate surface area is 77.1 Å². The lowest BCUT2D eigenvalue weighted by molar-refractivity contribution is 0.307. The largest absolute Gasteiger partial charge is 0.309 e. The molecule has 3 atom stereocenters. The quantitative estimate of drug-likeness (QED) is 0.611. The SMILES string of the molecule is CCCC1CC1C(C)CN(C)C. The third-order valence-corrected chi connectivity index (χ3v) is 3.02. The molecule has 0 saturated heterocycles. The van der Waals surface area contributed by atoms with Crippen molar-refractivity contribution in [1.29, 1.82) is 0 Å². The summed E-state index contributed by atoms with van der Waals surface area (Å²) in [6, 6.07) is 0. The van der Waals surface area contributed by atoms with Crippen molar-refractivity contribution >= 4 is 0 Å². The maximum atomic E-state index is 2.40. The maximum absolute atomic E-state index is 2.40. The van der Waals surface area contributed by atoms with Crippen LogP contribution < -0.4 is 0 Å². The Bertz CT molecular complexity index is 131. The van der Waals surface area contributed by atoms with E-state index >= 15 is 0 Å². The van der Waals surface area contributed by atoms with Crippen LogP contribution in [0.1, 0.15) is 33.1 Å². The lowest BCUT2D eigenvalue weighted by atomic mass is 10.0. The van der Waals surface area contributed by atoms with E-state index in [9.17, 15) is 0 Å². The summed E-state index contributed by atoms with van der Waals surface area (Å²) in [4.78, 5) is 2.31. The van der Waals surface area contributed by atoms with Crippen LogP contribution in [0.25, 0.3) is 0 Å². The average Bonchev–Trinajstić information content (AvgIpc) is 2.66. The van der Waals surface area contributed by atoms with E-state index in [1.807, 2.05) is 0 Å². The average molecular weight is 169 g/mol. The van der Waals surface area contributed by atoms with Crippen molar-refractivity contribution < 1.29 is 0 Å². The van der Waals surface area contributed by atoms with Crippen molar-refractivity contribution in [1.82, 2.24) is 4.90 Å². The molecule has 0 aromatic heterocycles. The molecule has 0 spiro atoms. The predicted molar refractivity (Wildman–Crippen MR) is 54.2 cm³/mol. The summed E-state index contributed by atoms with van der Waals surface area (Å²) >= 11 is 0. The molecule has 0 aromatic rings. The molecule has 1 nitrogen and oxygen atoms in total. The van der Waals surface area contributed by atoms with E-state index in [0.717, 1.165) is 17.8 Å². The fourth-order valence-electron chi connectivity index (χ4n) is 2.38. The Morgan fingerprint density at radius 2 is 2.08 bits per heavy atom. The van der Waals surface area contributed by atoms with E-state index < -0.39 is 0 Å². The van der Waals surface area contributed by atoms with E-state index in [0.29, 0.717) is 0 Å². The first kappa shape index (κ1) is 10.0. The highest BCUT2D eigenvalue weighted by molar-refractivity contribution is 4.89. The Balaban J connectivity index is 2.14. The summed E-state index contributed by atoms with van der Waals surface area (Å²) in [7, 11) is 4.35. The van der Waals surface area contributed by atoms with Gasteiger partial charge in [0.15, 0.2) is 0 Å². The van der Waals surface area contributed by atoms with Crippen LogP contribution in [0.5, 0.6) is 0 Å². The van der Waals surface area contributed by atoms with Crippen molar-refractivity contribution in [2.45, 2.75) is 33.1 Å². The van der Waals surface area contributed by atoms with Crippen molar-refractivity contribution in [3.8, 4) is 0 Å². The molecule has 0 aliphatic heterocycles. The van der Waals surface area contributed by atoms with Gasteiger partial charge in [-0.15, -0.1) is 0 Å². The Hall–Kier alpha value is -0.0400. The van der Waals surface area contributed by atoms with Gasteiger partial charge in [-0.3, -0.25) is 0 Å². The van der Waals surface area contributed by atoms with Crippen LogP contribution in [0.15, 0.2) is 0 Å². The summed E-state index contributed by atoms with van der Waals surface area (Å²) < 4.78 is 0. The molecule has 0 aromatic carbocycles. The molecule has 0 bridgehead atoms. The summed E-state index contributed by atoms with van der Waals surface area (Å²) in [5, 5.41) is 0. The topological polar surface area (TPSA) is 3.24 Å². The zero-order chi connectivity index (χ0) is 9.14. The zero-order valence-electron chi connectivity index (χ0n) is 9.01. The number of hydrogen-bond acceptors (Lipinski definition) is 1. The molecule has 12 heavy (non-hydrogen) atoms. The summed E-state index contributed by atoms with van der Waals surface area (Å²) in [6.07, 6.45) is 4.33. The second-order valence-electron chi connectivity index (χ2n) is 4.69. The minimum atomic E-state index is 0.913. The first-order chi connectivity index (χ1) is 5.65. The van der Waals surface area contributed by atoms with E-state index in [1.54, 1.807) is 0 Å². The molecule has 0 heterocycles. The Kier molecular flexibility index (Phi) is 3.57. The number of rotatable bonds is 5. The third kappa shape index (κ3) is 2.78. The number of nitrogens with zero attached hydrogens (tertiary/aromatic N) is 1. The molecular weight excluding hydrogens is 146 g/mol. The van der Waals surface area contributed by atoms with Gasteiger partial charge < -0.3 is 4.90 Å². The van der Waals surface area contributed by atoms with Crippen LogP contribution >= 0.6 is 0 Å². The normalized spacial score (nSPS) is 30.8. The Morgan fingerprint density at radius 3 is 2.58 bits per heavy atom. The lowest BCUT2D eigenvalue weighted by Crippen LogP contribution is -2.21. The molecule has 1 rings (SSSR count). The van der Waals surface area contributed by atoms with Gasteiger partial charge in [-0.1, -0.05) is 26.7 Å². The lowest BCUT2D eigenvalue weighted by Gasteiger charge is -2.16. The standard InChI is InChI=1S/C11H23N/c1-5-6-10-7-11(10)9(2)8-12(3)4/h9-11H,5-8H2,1-4H3. The van der Waals surface area contributed by atoms with Crippen LogP contribution in [-0.4, -0.2) is 25.5 Å². The first-order valence-corrected chi connectivity index (χ1v) is 5.29. The molecule has 3 unspecified atom stereocenters. The van der Waals surface area contributed by atoms with Gasteiger partial charge >= 0.3 is 0 Å². The molecule has 1 fully saturated rings. The van der Waals surface area contributed by atoms with E-state index in [4.69, 9.17) is 0 Å². The van der Waals surface area contributed by atoms with Crippen LogP contribution in [0.3, 0.4) is 0 Å². The fourth-order valence-corrected chi connectivity index (χ4v) is 2.38. The molecule has 1 heteroatoms. The van der Waals surface area contributed by atoms with Gasteiger partial charge in [0.2, 0.25) is 0 Å². The second-order valence-corrected chi connectivity index (χ2v) is 4.69. The van der Waals surface area contributed by atoms with Gasteiger partial charge in [0, 0.05) is 6.54 Å². The van der Waals surface area contributed by atoms with Gasteiger partial charge in [-0.2, -0.15) is 0 Å². The minimum absolute atomic E-state index is 0.913. The maximum Gasteiger partial charge on any atom is 0.000367 e. The molecule has 0 N–H and O–H groups in total. The van der Waals surface area contributed by atoms with Crippen molar-refractivity contribution in [3.05, 3.63) is 0 Å². The van der Waals surface area contributed by atoms with Gasteiger partial charge in [0.05, 0.1) is 0 Å². The molecular formula is C11H23N. The Morgan fingerprint density at radius 1 is 1.42 bits per heavy atom. The van der Waals surface area contributed by atoms with Gasteiger partial charge in [0.25, 0.3) is 0 Å². The van der Waals surface area contributed by atoms with Crippen molar-refractivity contribution in [3.63, 3.8) is 0 Å². The molecule has 72 valence electrons. The van der Waals surface area contributed by atoms with E-state index in [2.05, 4.69) is 32.8 Å².